The maximum Gasteiger partial charge on any atom is 0.303 e. The van der Waals surface area contributed by atoms with Crippen molar-refractivity contribution in [3.63, 3.8) is 0 Å². The standard InChI is InChI=1S/C6H9O3/c1-4(7)5(2)9-6(3)8/h5H,2H2,1,3H3. The van der Waals surface area contributed by atoms with Crippen LogP contribution in [0.2, 0.25) is 0 Å². The summed E-state index contributed by atoms with van der Waals surface area (Å²) in [5.74, 6) is -0.726. The SMILES string of the molecule is [CH2]C(OC(C)=O)C(C)=O. The van der Waals surface area contributed by atoms with Crippen molar-refractivity contribution >= 4 is 11.8 Å². The van der Waals surface area contributed by atoms with E-state index in [0.717, 1.165) is 0 Å². The lowest BCUT2D eigenvalue weighted by molar-refractivity contribution is -0.149. The molecule has 0 fully saturated rings. The second kappa shape index (κ2) is 3.22. The molecule has 0 N–H and O–H groups in total. The van der Waals surface area contributed by atoms with Crippen molar-refractivity contribution in [2.45, 2.75) is 20.0 Å². The van der Waals surface area contributed by atoms with Crippen molar-refractivity contribution in [3.8, 4) is 0 Å². The molecule has 0 aromatic rings. The van der Waals surface area contributed by atoms with Crippen LogP contribution in [0, 0.1) is 6.92 Å². The summed E-state index contributed by atoms with van der Waals surface area (Å²) >= 11 is 0. The molecule has 0 saturated carbocycles. The van der Waals surface area contributed by atoms with Crippen LogP contribution in [0.15, 0.2) is 0 Å². The maximum absolute atomic E-state index is 10.3. The predicted molar refractivity (Wildman–Crippen MR) is 31.6 cm³/mol. The van der Waals surface area contributed by atoms with Gasteiger partial charge in [-0.1, -0.05) is 0 Å². The van der Waals surface area contributed by atoms with Gasteiger partial charge in [0.1, 0.15) is 0 Å². The van der Waals surface area contributed by atoms with E-state index in [0.29, 0.717) is 0 Å². The summed E-state index contributed by atoms with van der Waals surface area (Å²) in [4.78, 5) is 20.5. The van der Waals surface area contributed by atoms with Crippen LogP contribution in [0.3, 0.4) is 0 Å². The van der Waals surface area contributed by atoms with Crippen LogP contribution in [0.25, 0.3) is 0 Å². The Morgan fingerprint density at radius 3 is 2.00 bits per heavy atom. The fourth-order valence-corrected chi connectivity index (χ4v) is 0.283. The van der Waals surface area contributed by atoms with Gasteiger partial charge in [0.15, 0.2) is 11.9 Å². The summed E-state index contributed by atoms with van der Waals surface area (Å²) in [5, 5.41) is 0. The molecule has 9 heavy (non-hydrogen) atoms. The Bertz CT molecular complexity index is 128. The quantitative estimate of drug-likeness (QED) is 0.505. The predicted octanol–water partition coefficient (Wildman–Crippen LogP) is 0.341. The molecule has 1 radical (unpaired) electrons. The Kier molecular flexibility index (Phi) is 2.91. The Labute approximate surface area is 54.0 Å². The van der Waals surface area contributed by atoms with Crippen LogP contribution >= 0.6 is 0 Å². The van der Waals surface area contributed by atoms with E-state index < -0.39 is 12.1 Å². The van der Waals surface area contributed by atoms with Crippen molar-refractivity contribution in [2.75, 3.05) is 0 Å². The molecule has 0 aliphatic carbocycles. The molecule has 1 unspecified atom stereocenters. The van der Waals surface area contributed by atoms with Gasteiger partial charge in [0.05, 0.1) is 0 Å². The average Bonchev–Trinajstić information content (AvgIpc) is 1.63. The Morgan fingerprint density at radius 2 is 1.89 bits per heavy atom. The van der Waals surface area contributed by atoms with E-state index in [2.05, 4.69) is 11.7 Å². The van der Waals surface area contributed by atoms with E-state index in [1.54, 1.807) is 0 Å². The molecule has 0 spiro atoms. The van der Waals surface area contributed by atoms with Crippen molar-refractivity contribution in [3.05, 3.63) is 6.92 Å². The molecule has 0 aromatic heterocycles. The van der Waals surface area contributed by atoms with Crippen LogP contribution in [0.1, 0.15) is 13.8 Å². The van der Waals surface area contributed by atoms with Gasteiger partial charge in [0.2, 0.25) is 0 Å². The van der Waals surface area contributed by atoms with E-state index in [4.69, 9.17) is 0 Å². The van der Waals surface area contributed by atoms with Gasteiger partial charge in [0.25, 0.3) is 0 Å². The third kappa shape index (κ3) is 3.70. The molecular weight excluding hydrogens is 120 g/mol. The first-order chi connectivity index (χ1) is 4.04. The summed E-state index contributed by atoms with van der Waals surface area (Å²) < 4.78 is 4.41. The number of ketones is 1. The largest absolute Gasteiger partial charge is 0.455 e. The normalized spacial score (nSPS) is 12.3. The van der Waals surface area contributed by atoms with Crippen LogP contribution < -0.4 is 0 Å². The number of carbonyl (C=O) groups excluding carboxylic acids is 2. The highest BCUT2D eigenvalue weighted by molar-refractivity contribution is 5.83. The number of hydrogen-bond donors (Lipinski definition) is 0. The first kappa shape index (κ1) is 8.14. The van der Waals surface area contributed by atoms with Gasteiger partial charge in [-0.25, -0.2) is 0 Å². The maximum atomic E-state index is 10.3. The fourth-order valence-electron chi connectivity index (χ4n) is 0.283. The Morgan fingerprint density at radius 1 is 1.44 bits per heavy atom. The lowest BCUT2D eigenvalue weighted by Crippen LogP contribution is -2.20. The van der Waals surface area contributed by atoms with Gasteiger partial charge in [-0.3, -0.25) is 9.59 Å². The number of Topliss-reactive ketones (excluding diaryl/α,β-unsaturated/α-hetero) is 1. The van der Waals surface area contributed by atoms with Gasteiger partial charge in [-0.15, -0.1) is 0 Å². The summed E-state index contributed by atoms with van der Waals surface area (Å²) in [6, 6.07) is 0. The Hall–Kier alpha value is -0.860. The monoisotopic (exact) mass is 129 g/mol. The molecule has 0 bridgehead atoms. The fraction of sp³-hybridized carbons (Fsp3) is 0.500. The van der Waals surface area contributed by atoms with E-state index in [-0.39, 0.29) is 5.78 Å². The zero-order valence-corrected chi connectivity index (χ0v) is 5.51. The van der Waals surface area contributed by atoms with Crippen LogP contribution in [-0.4, -0.2) is 17.9 Å². The summed E-state index contributed by atoms with van der Waals surface area (Å²) in [6.07, 6.45) is -0.845. The number of esters is 1. The van der Waals surface area contributed by atoms with Crippen molar-refractivity contribution in [1.82, 2.24) is 0 Å². The molecule has 0 aromatic carbocycles. The minimum absolute atomic E-state index is 0.245. The van der Waals surface area contributed by atoms with Gasteiger partial charge in [-0.05, 0) is 13.8 Å². The first-order valence-corrected chi connectivity index (χ1v) is 2.54. The molecule has 0 rings (SSSR count). The molecule has 51 valence electrons. The molecule has 1 atom stereocenters. The van der Waals surface area contributed by atoms with Gasteiger partial charge in [-0.2, -0.15) is 0 Å². The van der Waals surface area contributed by atoms with Gasteiger partial charge >= 0.3 is 5.97 Å². The van der Waals surface area contributed by atoms with Crippen LogP contribution in [0.5, 0.6) is 0 Å². The highest BCUT2D eigenvalue weighted by Gasteiger charge is 2.09. The third-order valence-electron chi connectivity index (χ3n) is 0.762. The zero-order valence-electron chi connectivity index (χ0n) is 5.51. The van der Waals surface area contributed by atoms with Crippen LogP contribution in [0.4, 0.5) is 0 Å². The van der Waals surface area contributed by atoms with E-state index >= 15 is 0 Å². The molecule has 0 heterocycles. The topological polar surface area (TPSA) is 43.4 Å². The first-order valence-electron chi connectivity index (χ1n) is 2.54. The van der Waals surface area contributed by atoms with Crippen molar-refractivity contribution in [2.24, 2.45) is 0 Å². The lowest BCUT2D eigenvalue weighted by Gasteiger charge is -2.05. The summed E-state index contributed by atoms with van der Waals surface area (Å²) in [6.45, 7) is 5.84. The van der Waals surface area contributed by atoms with E-state index in [1.165, 1.54) is 13.8 Å². The van der Waals surface area contributed by atoms with Gasteiger partial charge in [0, 0.05) is 6.92 Å². The smallest absolute Gasteiger partial charge is 0.303 e. The lowest BCUT2D eigenvalue weighted by atomic mass is 10.3. The second-order valence-electron chi connectivity index (χ2n) is 1.71. The highest BCUT2D eigenvalue weighted by Crippen LogP contribution is 1.90. The minimum atomic E-state index is -0.845. The zero-order chi connectivity index (χ0) is 7.44. The summed E-state index contributed by atoms with van der Waals surface area (Å²) in [5.41, 5.74) is 0. The molecule has 0 aliphatic heterocycles. The van der Waals surface area contributed by atoms with Crippen molar-refractivity contribution in [1.29, 1.82) is 0 Å². The van der Waals surface area contributed by atoms with E-state index in [9.17, 15) is 9.59 Å². The van der Waals surface area contributed by atoms with Crippen molar-refractivity contribution < 1.29 is 14.3 Å². The molecule has 3 nitrogen and oxygen atoms in total. The molecule has 0 saturated heterocycles. The average molecular weight is 129 g/mol. The third-order valence-corrected chi connectivity index (χ3v) is 0.762. The molecule has 0 amide bonds. The minimum Gasteiger partial charge on any atom is -0.455 e. The van der Waals surface area contributed by atoms with Crippen LogP contribution in [-0.2, 0) is 14.3 Å². The number of hydrogen-bond acceptors (Lipinski definition) is 3. The molecule has 0 aliphatic rings. The highest BCUT2D eigenvalue weighted by atomic mass is 16.5. The Balaban J connectivity index is 3.63. The van der Waals surface area contributed by atoms with E-state index in [1.807, 2.05) is 0 Å². The van der Waals surface area contributed by atoms with Gasteiger partial charge < -0.3 is 4.74 Å². The molecule has 3 heteroatoms. The summed E-state index contributed by atoms with van der Waals surface area (Å²) in [7, 11) is 0. The number of rotatable bonds is 2. The number of carbonyl (C=O) groups is 2. The molecular formula is C6H9O3. The second-order valence-corrected chi connectivity index (χ2v) is 1.71. The number of ether oxygens (including phenoxy) is 1.